The second-order valence-corrected chi connectivity index (χ2v) is 21.3. The van der Waals surface area contributed by atoms with Crippen molar-refractivity contribution in [3.05, 3.63) is 0 Å². The number of Topliss-reactive ketones (excluding diaryl/α,β-unsaturated/α-hetero) is 1. The van der Waals surface area contributed by atoms with Gasteiger partial charge < -0.3 is 53.8 Å². The van der Waals surface area contributed by atoms with Crippen LogP contribution in [0.2, 0.25) is 0 Å². The van der Waals surface area contributed by atoms with Gasteiger partial charge in [-0.05, 0) is 94.4 Å². The number of ketones is 1. The summed E-state index contributed by atoms with van der Waals surface area (Å²) in [5.41, 5.74) is -2.11. The van der Waals surface area contributed by atoms with Crippen molar-refractivity contribution in [2.24, 2.45) is 0 Å². The maximum Gasteiger partial charge on any atom is 0.331 e. The van der Waals surface area contributed by atoms with E-state index in [0.717, 1.165) is 44.9 Å². The highest BCUT2D eigenvalue weighted by Crippen LogP contribution is 2.17. The lowest BCUT2D eigenvalue weighted by molar-refractivity contribution is -0.160. The second kappa shape index (κ2) is 41.1. The Hall–Kier alpha value is -4.20. The van der Waals surface area contributed by atoms with Crippen molar-refractivity contribution in [2.75, 3.05) is 66.5 Å². The van der Waals surface area contributed by atoms with Crippen molar-refractivity contribution in [1.82, 2.24) is 16.0 Å². The Morgan fingerprint density at radius 2 is 0.781 bits per heavy atom. The lowest BCUT2D eigenvalue weighted by atomic mass is 10.0. The number of methoxy groups -OCH3 is 1. The average Bonchev–Trinajstić information content (AvgIpc) is 3.28. The summed E-state index contributed by atoms with van der Waals surface area (Å²) in [6.07, 6.45) is 16.3. The first kappa shape index (κ1) is 68.8. The molecule has 0 aromatic carbocycles. The lowest BCUT2D eigenvalue weighted by Gasteiger charge is -2.26. The molecule has 0 aromatic heterocycles. The minimum Gasteiger partial charge on any atom is -0.467 e. The summed E-state index contributed by atoms with van der Waals surface area (Å²) < 4.78 is 42.2. The van der Waals surface area contributed by atoms with E-state index in [4.69, 9.17) is 33.2 Å². The van der Waals surface area contributed by atoms with Crippen LogP contribution in [-0.2, 0) is 76.3 Å². The Labute approximate surface area is 437 Å². The summed E-state index contributed by atoms with van der Waals surface area (Å²) in [5.74, 6) is -3.29. The van der Waals surface area contributed by atoms with Gasteiger partial charge in [-0.1, -0.05) is 77.0 Å². The first-order chi connectivity index (χ1) is 34.4. The zero-order chi connectivity index (χ0) is 55.0. The van der Waals surface area contributed by atoms with Crippen LogP contribution in [0.3, 0.4) is 0 Å². The second-order valence-electron chi connectivity index (χ2n) is 21.3. The maximum atomic E-state index is 13.3. The van der Waals surface area contributed by atoms with Crippen molar-refractivity contribution in [3.63, 3.8) is 0 Å². The van der Waals surface area contributed by atoms with Crippen LogP contribution in [0.1, 0.15) is 204 Å². The van der Waals surface area contributed by atoms with E-state index in [1.165, 1.54) is 45.6 Å². The Morgan fingerprint density at radius 3 is 1.25 bits per heavy atom. The van der Waals surface area contributed by atoms with Crippen molar-refractivity contribution in [3.8, 4) is 0 Å². The van der Waals surface area contributed by atoms with E-state index in [2.05, 4.69) is 20.7 Å². The first-order valence-electron chi connectivity index (χ1n) is 26.8. The summed E-state index contributed by atoms with van der Waals surface area (Å²) >= 11 is 0. The molecule has 3 amide bonds. The molecule has 0 aromatic rings. The van der Waals surface area contributed by atoms with Crippen LogP contribution >= 0.6 is 0 Å². The molecule has 0 heterocycles. The third-order valence-corrected chi connectivity index (χ3v) is 10.6. The lowest BCUT2D eigenvalue weighted by Crippen LogP contribution is -2.47. The number of hydrogen-bond acceptors (Lipinski definition) is 16. The highest BCUT2D eigenvalue weighted by Gasteiger charge is 2.30. The number of carbonyl (C=O) groups excluding carboxylic acids is 8. The van der Waals surface area contributed by atoms with E-state index in [0.29, 0.717) is 32.5 Å². The smallest absolute Gasteiger partial charge is 0.331 e. The van der Waals surface area contributed by atoms with E-state index in [1.807, 2.05) is 20.8 Å². The monoisotopic (exact) mass is 1040 g/mol. The molecular formula is C54H97N3O16. The number of rotatable bonds is 44. The number of nitrogens with one attached hydrogen (secondary N) is 3. The molecule has 0 saturated heterocycles. The predicted molar refractivity (Wildman–Crippen MR) is 276 cm³/mol. The normalized spacial score (nSPS) is 12.6. The van der Waals surface area contributed by atoms with Gasteiger partial charge in [0.2, 0.25) is 17.7 Å². The molecule has 19 nitrogen and oxygen atoms in total. The predicted octanol–water partition coefficient (Wildman–Crippen LogP) is 7.49. The third-order valence-electron chi connectivity index (χ3n) is 10.6. The molecule has 3 N–H and O–H groups in total. The summed E-state index contributed by atoms with van der Waals surface area (Å²) in [6.45, 7) is 17.3. The van der Waals surface area contributed by atoms with E-state index in [9.17, 15) is 38.4 Å². The van der Waals surface area contributed by atoms with Crippen LogP contribution in [-0.4, -0.2) is 143 Å². The Balaban J connectivity index is 4.59. The molecule has 0 fully saturated rings. The zero-order valence-electron chi connectivity index (χ0n) is 46.6. The largest absolute Gasteiger partial charge is 0.467 e. The van der Waals surface area contributed by atoms with Gasteiger partial charge in [0, 0.05) is 45.3 Å². The molecule has 0 aliphatic heterocycles. The van der Waals surface area contributed by atoms with Crippen LogP contribution < -0.4 is 16.0 Å². The molecule has 424 valence electrons. The maximum absolute atomic E-state index is 13.3. The molecular weight excluding hydrogens is 947 g/mol. The van der Waals surface area contributed by atoms with Gasteiger partial charge in [-0.3, -0.25) is 24.0 Å². The van der Waals surface area contributed by atoms with Crippen molar-refractivity contribution >= 4 is 47.4 Å². The summed E-state index contributed by atoms with van der Waals surface area (Å²) in [6, 6.07) is -2.24. The molecule has 0 aliphatic carbocycles. The quantitative estimate of drug-likeness (QED) is 0.0304. The fourth-order valence-corrected chi connectivity index (χ4v) is 7.03. The van der Waals surface area contributed by atoms with Gasteiger partial charge in [0.25, 0.3) is 0 Å². The minimum absolute atomic E-state index is 0.0546. The highest BCUT2D eigenvalue weighted by molar-refractivity contribution is 5.87. The highest BCUT2D eigenvalue weighted by atomic mass is 16.6. The molecule has 73 heavy (non-hydrogen) atoms. The van der Waals surface area contributed by atoms with E-state index < -0.39 is 52.7 Å². The van der Waals surface area contributed by atoms with Gasteiger partial charge in [-0.15, -0.1) is 0 Å². The molecule has 0 rings (SSSR count). The molecule has 0 unspecified atom stereocenters. The number of ether oxygens (including phenoxy) is 8. The fraction of sp³-hybridized carbons (Fsp3) is 0.852. The summed E-state index contributed by atoms with van der Waals surface area (Å²) in [5, 5.41) is 8.13. The first-order valence-corrected chi connectivity index (χ1v) is 26.8. The standard InChI is InChI=1S/C54H97N3O16/c1-52(2,3)71-48(62)28-24-22-20-18-16-14-12-11-13-15-17-19-21-23-27-46(60)56-44(51(65)73-54(7,8)9)30-32-47(61)57-43(50(64)72-53(4,5)6)29-31-45(59)55-33-35-68-37-38-69-40-42(58)26-25-34-67-36-39-70-41-49(63)66-10/h43-44H,11-41H2,1-10H3,(H,55,59)(H,56,60)(H,57,61)/t43-,44-/m0/s1. The number of esters is 4. The van der Waals surface area contributed by atoms with Gasteiger partial charge in [-0.2, -0.15) is 0 Å². The Kier molecular flexibility index (Phi) is 38.7. The molecule has 0 bridgehead atoms. The van der Waals surface area contributed by atoms with Gasteiger partial charge in [0.15, 0.2) is 5.78 Å². The molecule has 0 aliphatic rings. The van der Waals surface area contributed by atoms with E-state index in [-0.39, 0.29) is 108 Å². The van der Waals surface area contributed by atoms with Crippen LogP contribution in [0.15, 0.2) is 0 Å². The van der Waals surface area contributed by atoms with Crippen molar-refractivity contribution in [1.29, 1.82) is 0 Å². The number of carbonyl (C=O) groups is 8. The molecule has 0 spiro atoms. The molecule has 0 saturated carbocycles. The third kappa shape index (κ3) is 46.1. The topological polar surface area (TPSA) is 246 Å². The average molecular weight is 1040 g/mol. The molecule has 0 radical (unpaired) electrons. The summed E-state index contributed by atoms with van der Waals surface area (Å²) in [4.78, 5) is 100. The Bertz CT molecular complexity index is 1570. The number of unbranched alkanes of at least 4 members (excludes halogenated alkanes) is 13. The van der Waals surface area contributed by atoms with Gasteiger partial charge >= 0.3 is 23.9 Å². The van der Waals surface area contributed by atoms with Crippen molar-refractivity contribution in [2.45, 2.75) is 232 Å². The van der Waals surface area contributed by atoms with Gasteiger partial charge in [0.05, 0.1) is 40.1 Å². The van der Waals surface area contributed by atoms with E-state index in [1.54, 1.807) is 41.5 Å². The van der Waals surface area contributed by atoms with Crippen LogP contribution in [0.4, 0.5) is 0 Å². The molecule has 19 heteroatoms. The Morgan fingerprint density at radius 1 is 0.384 bits per heavy atom. The SMILES string of the molecule is COC(=O)COCCOCCCC(=O)COCCOCCNC(=O)CC[C@H](NC(=O)CC[C@H](NC(=O)CCCCCCCCCCCCCCCCC(=O)OC(C)(C)C)C(=O)OC(C)(C)C)C(=O)OC(C)(C)C. The number of amides is 3. The van der Waals surface area contributed by atoms with Gasteiger partial charge in [0.1, 0.15) is 42.1 Å². The van der Waals surface area contributed by atoms with Crippen LogP contribution in [0.5, 0.6) is 0 Å². The van der Waals surface area contributed by atoms with E-state index >= 15 is 0 Å². The van der Waals surface area contributed by atoms with Crippen LogP contribution in [0.25, 0.3) is 0 Å². The fourth-order valence-electron chi connectivity index (χ4n) is 7.03. The summed E-state index contributed by atoms with van der Waals surface area (Å²) in [7, 11) is 1.28. The zero-order valence-corrected chi connectivity index (χ0v) is 46.6. The van der Waals surface area contributed by atoms with Crippen molar-refractivity contribution < 1.29 is 76.3 Å². The van der Waals surface area contributed by atoms with Crippen LogP contribution in [0, 0.1) is 0 Å². The van der Waals surface area contributed by atoms with Gasteiger partial charge in [-0.25, -0.2) is 14.4 Å². The molecule has 2 atom stereocenters. The minimum atomic E-state index is -1.15. The number of hydrogen-bond donors (Lipinski definition) is 3.